The summed E-state index contributed by atoms with van der Waals surface area (Å²) in [6, 6.07) is 7.98. The lowest BCUT2D eigenvalue weighted by Gasteiger charge is -2.41. The van der Waals surface area contributed by atoms with Gasteiger partial charge in [-0.3, -0.25) is 4.79 Å². The minimum Gasteiger partial charge on any atom is -0.378 e. The van der Waals surface area contributed by atoms with Crippen LogP contribution in [0.5, 0.6) is 0 Å². The number of nitrogens with zero attached hydrogens (tertiary/aromatic N) is 2. The monoisotopic (exact) mass is 475 g/mol. The smallest absolute Gasteiger partial charge is 0.256 e. The molecule has 3 atom stereocenters. The number of carbonyl (C=O) groups excluding carboxylic acids is 1. The van der Waals surface area contributed by atoms with E-state index in [1.807, 2.05) is 31.2 Å². The topological polar surface area (TPSA) is 92.5 Å². The van der Waals surface area contributed by atoms with Crippen LogP contribution < -0.4 is 21.3 Å². The van der Waals surface area contributed by atoms with Crippen molar-refractivity contribution < 1.29 is 18.3 Å². The van der Waals surface area contributed by atoms with Crippen LogP contribution in [-0.2, 0) is 4.74 Å². The Hall–Kier alpha value is -2.36. The Morgan fingerprint density at radius 3 is 2.68 bits per heavy atom. The van der Waals surface area contributed by atoms with Crippen molar-refractivity contribution in [3.05, 3.63) is 35.4 Å². The van der Waals surface area contributed by atoms with Gasteiger partial charge in [0.05, 0.1) is 23.3 Å². The van der Waals surface area contributed by atoms with Gasteiger partial charge in [0.15, 0.2) is 0 Å². The summed E-state index contributed by atoms with van der Waals surface area (Å²) in [6.07, 6.45) is 0.912. The van der Waals surface area contributed by atoms with Crippen LogP contribution in [0.4, 0.5) is 14.6 Å². The second kappa shape index (κ2) is 10.1. The molecule has 0 radical (unpaired) electrons. The lowest BCUT2D eigenvalue weighted by molar-refractivity contribution is -0.0438. The number of amides is 1. The van der Waals surface area contributed by atoms with E-state index in [9.17, 15) is 13.6 Å². The third-order valence-corrected chi connectivity index (χ3v) is 6.88. The van der Waals surface area contributed by atoms with E-state index >= 15 is 0 Å². The molecular weight excluding hydrogens is 440 g/mol. The first-order valence-corrected chi connectivity index (χ1v) is 12.0. The molecule has 4 N–H and O–H groups in total. The number of piperidine rings is 1. The Kier molecular flexibility index (Phi) is 7.35. The van der Waals surface area contributed by atoms with Gasteiger partial charge >= 0.3 is 0 Å². The minimum absolute atomic E-state index is 0.0578. The second-order valence-corrected chi connectivity index (χ2v) is 9.73. The number of alkyl halides is 2. The Morgan fingerprint density at radius 2 is 2.00 bits per heavy atom. The zero-order chi connectivity index (χ0) is 24.5. The fourth-order valence-electron chi connectivity index (χ4n) is 5.03. The molecule has 2 aliphatic rings. The highest BCUT2D eigenvalue weighted by Crippen LogP contribution is 2.34. The summed E-state index contributed by atoms with van der Waals surface area (Å²) in [5.41, 5.74) is 8.21. The number of fused-ring (bicyclic) bond motifs is 1. The molecule has 1 saturated heterocycles. The molecule has 1 aromatic carbocycles. The van der Waals surface area contributed by atoms with Gasteiger partial charge in [0.1, 0.15) is 5.82 Å². The highest BCUT2D eigenvalue weighted by atomic mass is 19.3. The number of hydrogen-bond acceptors (Lipinski definition) is 6. The quantitative estimate of drug-likeness (QED) is 0.555. The van der Waals surface area contributed by atoms with Gasteiger partial charge in [0.2, 0.25) is 5.92 Å². The number of halogens is 2. The van der Waals surface area contributed by atoms with E-state index in [1.54, 1.807) is 14.0 Å². The molecule has 1 amide bonds. The number of ether oxygens (including phenoxy) is 1. The molecule has 1 aromatic heterocycles. The number of anilines is 1. The fraction of sp³-hybridized carbons (Fsp3) is 0.600. The summed E-state index contributed by atoms with van der Waals surface area (Å²) in [7, 11) is 1.66. The standard InChI is InChI=1S/C25H35F2N5O2/c1-15-4-5-20-17(12-15)13-19(24(33)29-16(2)28)23(31-20)32-11-8-21(22(14-32)34-3)30-18-6-9-25(26,27)10-7-18/h4-5,12-13,16,18,21-22,30H,6-11,14,28H2,1-3H3,(H,29,33)/t16?,21-,22+/m1/s1. The fourth-order valence-corrected chi connectivity index (χ4v) is 5.03. The van der Waals surface area contributed by atoms with Crippen molar-refractivity contribution in [3.8, 4) is 0 Å². The van der Waals surface area contributed by atoms with E-state index in [4.69, 9.17) is 15.5 Å². The summed E-state index contributed by atoms with van der Waals surface area (Å²) in [5.74, 6) is -2.20. The van der Waals surface area contributed by atoms with Crippen LogP contribution in [0.15, 0.2) is 24.3 Å². The first-order chi connectivity index (χ1) is 16.1. The molecule has 0 spiro atoms. The summed E-state index contributed by atoms with van der Waals surface area (Å²) in [5, 5.41) is 7.24. The zero-order valence-corrected chi connectivity index (χ0v) is 20.1. The van der Waals surface area contributed by atoms with E-state index in [1.165, 1.54) is 0 Å². The van der Waals surface area contributed by atoms with Crippen LogP contribution >= 0.6 is 0 Å². The number of aromatic nitrogens is 1. The average Bonchev–Trinajstić information content (AvgIpc) is 2.79. The van der Waals surface area contributed by atoms with Gasteiger partial charge in [0.25, 0.3) is 5.91 Å². The number of hydrogen-bond donors (Lipinski definition) is 3. The number of pyridine rings is 1. The molecule has 4 rings (SSSR count). The van der Waals surface area contributed by atoms with E-state index in [2.05, 4.69) is 15.5 Å². The van der Waals surface area contributed by atoms with Gasteiger partial charge in [0, 0.05) is 50.5 Å². The Balaban J connectivity index is 1.55. The first-order valence-electron chi connectivity index (χ1n) is 12.0. The summed E-state index contributed by atoms with van der Waals surface area (Å²) in [4.78, 5) is 20.0. The van der Waals surface area contributed by atoms with Crippen molar-refractivity contribution >= 4 is 22.6 Å². The molecule has 1 saturated carbocycles. The number of nitrogens with one attached hydrogen (secondary N) is 2. The van der Waals surface area contributed by atoms with Crippen LogP contribution in [0, 0.1) is 6.92 Å². The minimum atomic E-state index is -2.54. The maximum atomic E-state index is 13.5. The predicted molar refractivity (Wildman–Crippen MR) is 129 cm³/mol. The normalized spacial score (nSPS) is 24.2. The molecule has 186 valence electrons. The maximum absolute atomic E-state index is 13.5. The van der Waals surface area contributed by atoms with Gasteiger partial charge in [-0.25, -0.2) is 13.8 Å². The Labute approximate surface area is 199 Å². The van der Waals surface area contributed by atoms with Crippen molar-refractivity contribution in [1.82, 2.24) is 15.6 Å². The van der Waals surface area contributed by atoms with E-state index in [0.29, 0.717) is 37.3 Å². The molecular formula is C25H35F2N5O2. The van der Waals surface area contributed by atoms with Gasteiger partial charge in [-0.05, 0) is 51.3 Å². The number of benzene rings is 1. The largest absolute Gasteiger partial charge is 0.378 e. The number of carbonyl (C=O) groups is 1. The summed E-state index contributed by atoms with van der Waals surface area (Å²) >= 11 is 0. The van der Waals surface area contributed by atoms with Crippen LogP contribution in [0.1, 0.15) is 54.9 Å². The lowest BCUT2D eigenvalue weighted by Crippen LogP contribution is -2.57. The molecule has 34 heavy (non-hydrogen) atoms. The first kappa shape index (κ1) is 24.8. The summed E-state index contributed by atoms with van der Waals surface area (Å²) < 4.78 is 32.9. The number of nitrogens with two attached hydrogens (primary N) is 1. The molecule has 0 bridgehead atoms. The number of aryl methyl sites for hydroxylation is 1. The Morgan fingerprint density at radius 1 is 1.26 bits per heavy atom. The predicted octanol–water partition coefficient (Wildman–Crippen LogP) is 3.34. The number of methoxy groups -OCH3 is 1. The van der Waals surface area contributed by atoms with Crippen LogP contribution in [0.25, 0.3) is 10.9 Å². The Bertz CT molecular complexity index is 1020. The SMILES string of the molecule is CO[C@H]1CN(c2nc3ccc(C)cc3cc2C(=O)NC(C)N)CC[C@H]1NC1CCC(F)(F)CC1. The van der Waals surface area contributed by atoms with Crippen LogP contribution in [-0.4, -0.2) is 61.4 Å². The van der Waals surface area contributed by atoms with Crippen LogP contribution in [0.2, 0.25) is 0 Å². The van der Waals surface area contributed by atoms with Crippen molar-refractivity contribution in [2.45, 2.75) is 76.2 Å². The molecule has 7 nitrogen and oxygen atoms in total. The third kappa shape index (κ3) is 5.64. The molecule has 1 aliphatic carbocycles. The molecule has 9 heteroatoms. The van der Waals surface area contributed by atoms with Gasteiger partial charge in [-0.2, -0.15) is 0 Å². The molecule has 2 fully saturated rings. The highest BCUT2D eigenvalue weighted by molar-refractivity contribution is 6.02. The van der Waals surface area contributed by atoms with Crippen molar-refractivity contribution in [3.63, 3.8) is 0 Å². The van der Waals surface area contributed by atoms with Crippen molar-refractivity contribution in [2.24, 2.45) is 5.73 Å². The molecule has 1 unspecified atom stereocenters. The molecule has 1 aliphatic heterocycles. The van der Waals surface area contributed by atoms with Crippen LogP contribution in [0.3, 0.4) is 0 Å². The average molecular weight is 476 g/mol. The van der Waals surface area contributed by atoms with E-state index < -0.39 is 12.1 Å². The lowest BCUT2D eigenvalue weighted by atomic mass is 9.90. The zero-order valence-electron chi connectivity index (χ0n) is 20.1. The van der Waals surface area contributed by atoms with Gasteiger partial charge in [-0.15, -0.1) is 0 Å². The van der Waals surface area contributed by atoms with Crippen molar-refractivity contribution in [1.29, 1.82) is 0 Å². The molecule has 2 aromatic rings. The highest BCUT2D eigenvalue weighted by Gasteiger charge is 2.38. The number of rotatable bonds is 6. The van der Waals surface area contributed by atoms with E-state index in [-0.39, 0.29) is 36.9 Å². The van der Waals surface area contributed by atoms with E-state index in [0.717, 1.165) is 22.9 Å². The second-order valence-electron chi connectivity index (χ2n) is 9.73. The summed E-state index contributed by atoms with van der Waals surface area (Å²) in [6.45, 7) is 4.93. The molecule has 2 heterocycles. The van der Waals surface area contributed by atoms with Gasteiger partial charge in [-0.1, -0.05) is 11.6 Å². The third-order valence-electron chi connectivity index (χ3n) is 6.88. The van der Waals surface area contributed by atoms with Crippen molar-refractivity contribution in [2.75, 3.05) is 25.1 Å². The van der Waals surface area contributed by atoms with Gasteiger partial charge < -0.3 is 26.0 Å². The maximum Gasteiger partial charge on any atom is 0.256 e.